The molecule has 2 fully saturated rings. The van der Waals surface area contributed by atoms with Crippen molar-refractivity contribution in [3.8, 4) is 6.07 Å². The number of hydrogen-bond donors (Lipinski definition) is 1. The fraction of sp³-hybridized carbons (Fsp3) is 0.524. The molecule has 9 heteroatoms. The summed E-state index contributed by atoms with van der Waals surface area (Å²) in [6, 6.07) is 12.1. The van der Waals surface area contributed by atoms with Gasteiger partial charge in [-0.3, -0.25) is 4.68 Å². The summed E-state index contributed by atoms with van der Waals surface area (Å²) < 4.78 is 26.0. The molecule has 0 unspecified atom stereocenters. The van der Waals surface area contributed by atoms with E-state index in [-0.39, 0.29) is 6.61 Å². The predicted molar refractivity (Wildman–Crippen MR) is 108 cm³/mol. The predicted octanol–water partition coefficient (Wildman–Crippen LogP) is 2.60. The molecule has 1 aromatic heterocycles. The van der Waals surface area contributed by atoms with E-state index < -0.39 is 30.4 Å². The van der Waals surface area contributed by atoms with Crippen molar-refractivity contribution in [1.29, 1.82) is 5.26 Å². The van der Waals surface area contributed by atoms with Crippen LogP contribution < -0.4 is 0 Å². The van der Waals surface area contributed by atoms with Crippen LogP contribution in [0.5, 0.6) is 0 Å². The highest BCUT2D eigenvalue weighted by molar-refractivity contribution is 7.98. The molecule has 1 N–H and O–H groups in total. The van der Waals surface area contributed by atoms with Gasteiger partial charge in [0.15, 0.2) is 12.1 Å². The number of rotatable bonds is 7. The topological polar surface area (TPSA) is 98.8 Å². The summed E-state index contributed by atoms with van der Waals surface area (Å²) in [5.74, 6) is -0.784. The number of aliphatic hydroxyl groups is 1. The van der Waals surface area contributed by atoms with Crippen molar-refractivity contribution >= 4 is 11.8 Å². The van der Waals surface area contributed by atoms with Crippen LogP contribution in [0, 0.1) is 11.3 Å². The average Bonchev–Trinajstić information content (AvgIpc) is 3.34. The Balaban J connectivity index is 1.66. The highest BCUT2D eigenvalue weighted by Crippen LogP contribution is 2.46. The van der Waals surface area contributed by atoms with Crippen LogP contribution in [0.1, 0.15) is 36.8 Å². The molecule has 4 atom stereocenters. The minimum atomic E-state index is -0.784. The van der Waals surface area contributed by atoms with Crippen molar-refractivity contribution in [2.75, 3.05) is 12.9 Å². The van der Waals surface area contributed by atoms with Gasteiger partial charge in [-0.2, -0.15) is 10.4 Å². The lowest BCUT2D eigenvalue weighted by molar-refractivity contribution is -0.221. The third-order valence-corrected chi connectivity index (χ3v) is 5.90. The zero-order chi connectivity index (χ0) is 21.3. The Morgan fingerprint density at radius 1 is 1.30 bits per heavy atom. The number of benzene rings is 1. The number of nitrogens with zero attached hydrogens (tertiary/aromatic N) is 3. The second-order valence-electron chi connectivity index (χ2n) is 7.61. The normalized spacial score (nSPS) is 27.2. The van der Waals surface area contributed by atoms with Gasteiger partial charge >= 0.3 is 0 Å². The minimum Gasteiger partial charge on any atom is -0.394 e. The number of fused-ring (bicyclic) bond motifs is 1. The molecule has 0 spiro atoms. The second-order valence-corrected chi connectivity index (χ2v) is 8.41. The van der Waals surface area contributed by atoms with Crippen LogP contribution in [-0.2, 0) is 32.1 Å². The standard InChI is InChI=1S/C21H25N3O5S/c1-21(2)28-18-17(26-12-13-7-5-4-6-8-13)16(27-20(18)29-21)15-14(11-22)19(30-3)24(23-15)9-10-25/h4-8,16-18,20,25H,9-10,12H2,1-3H3/t16-,17+,18+,20+/m1/s1. The summed E-state index contributed by atoms with van der Waals surface area (Å²) in [5.41, 5.74) is 1.93. The monoisotopic (exact) mass is 431 g/mol. The molecule has 0 bridgehead atoms. The van der Waals surface area contributed by atoms with Crippen molar-refractivity contribution < 1.29 is 24.1 Å². The summed E-state index contributed by atoms with van der Waals surface area (Å²) in [6.45, 7) is 4.25. The molecule has 0 radical (unpaired) electrons. The third kappa shape index (κ3) is 3.99. The Bertz CT molecular complexity index is 927. The Morgan fingerprint density at radius 3 is 2.73 bits per heavy atom. The van der Waals surface area contributed by atoms with Gasteiger partial charge in [0.1, 0.15) is 40.7 Å². The molecular formula is C21H25N3O5S. The fourth-order valence-corrected chi connectivity index (χ4v) is 4.57. The van der Waals surface area contributed by atoms with Gasteiger partial charge in [-0.05, 0) is 25.7 Å². The minimum absolute atomic E-state index is 0.0787. The first kappa shape index (κ1) is 21.3. The van der Waals surface area contributed by atoms with Gasteiger partial charge in [0.25, 0.3) is 0 Å². The lowest BCUT2D eigenvalue weighted by atomic mass is 10.0. The molecule has 4 rings (SSSR count). The van der Waals surface area contributed by atoms with Crippen LogP contribution in [0.2, 0.25) is 0 Å². The van der Waals surface area contributed by atoms with E-state index in [0.717, 1.165) is 5.56 Å². The quantitative estimate of drug-likeness (QED) is 0.668. The summed E-state index contributed by atoms with van der Waals surface area (Å²) >= 11 is 1.41. The maximum atomic E-state index is 9.81. The van der Waals surface area contributed by atoms with E-state index in [9.17, 15) is 10.4 Å². The van der Waals surface area contributed by atoms with Gasteiger partial charge in [-0.15, -0.1) is 11.8 Å². The van der Waals surface area contributed by atoms with Gasteiger partial charge in [0.2, 0.25) is 0 Å². The summed E-state index contributed by atoms with van der Waals surface area (Å²) in [7, 11) is 0. The van der Waals surface area contributed by atoms with E-state index in [0.29, 0.717) is 29.4 Å². The molecule has 1 aromatic carbocycles. The van der Waals surface area contributed by atoms with Crippen LogP contribution in [0.3, 0.4) is 0 Å². The highest BCUT2D eigenvalue weighted by Gasteiger charge is 2.57. The molecule has 2 saturated heterocycles. The zero-order valence-electron chi connectivity index (χ0n) is 17.1. The van der Waals surface area contributed by atoms with E-state index in [1.807, 2.05) is 50.4 Å². The maximum Gasteiger partial charge on any atom is 0.190 e. The Labute approximate surface area is 179 Å². The molecule has 2 aromatic rings. The van der Waals surface area contributed by atoms with Gasteiger partial charge in [-0.1, -0.05) is 30.3 Å². The van der Waals surface area contributed by atoms with Crippen LogP contribution >= 0.6 is 11.8 Å². The Kier molecular flexibility index (Phi) is 6.16. The second kappa shape index (κ2) is 8.67. The summed E-state index contributed by atoms with van der Waals surface area (Å²) in [6.07, 6.45) is -0.312. The first-order valence-electron chi connectivity index (χ1n) is 9.79. The lowest BCUT2D eigenvalue weighted by Gasteiger charge is -2.25. The number of hydrogen-bond acceptors (Lipinski definition) is 8. The number of aromatic nitrogens is 2. The van der Waals surface area contributed by atoms with Crippen molar-refractivity contribution in [3.05, 3.63) is 47.2 Å². The molecule has 160 valence electrons. The third-order valence-electron chi connectivity index (χ3n) is 5.10. The van der Waals surface area contributed by atoms with Gasteiger partial charge < -0.3 is 24.1 Å². The molecule has 8 nitrogen and oxygen atoms in total. The van der Waals surface area contributed by atoms with Crippen molar-refractivity contribution in [1.82, 2.24) is 9.78 Å². The highest BCUT2D eigenvalue weighted by atomic mass is 32.2. The molecule has 2 aliphatic heterocycles. The molecule has 2 aliphatic rings. The van der Waals surface area contributed by atoms with E-state index in [4.69, 9.17) is 18.9 Å². The molecule has 0 amide bonds. The van der Waals surface area contributed by atoms with E-state index in [1.165, 1.54) is 11.8 Å². The van der Waals surface area contributed by atoms with Gasteiger partial charge in [0.05, 0.1) is 19.8 Å². The number of thioether (sulfide) groups is 1. The molecular weight excluding hydrogens is 406 g/mol. The fourth-order valence-electron chi connectivity index (χ4n) is 3.87. The first-order valence-corrected chi connectivity index (χ1v) is 11.0. The molecule has 30 heavy (non-hydrogen) atoms. The number of nitriles is 1. The van der Waals surface area contributed by atoms with Crippen molar-refractivity contribution in [3.63, 3.8) is 0 Å². The van der Waals surface area contributed by atoms with Gasteiger partial charge in [-0.25, -0.2) is 0 Å². The SMILES string of the molecule is CSc1c(C#N)c([C@H]2O[C@H]3OC(C)(C)O[C@H]3[C@H]2OCc2ccccc2)nn1CCO. The van der Waals surface area contributed by atoms with Crippen LogP contribution in [-0.4, -0.2) is 52.0 Å². The first-order chi connectivity index (χ1) is 14.5. The summed E-state index contributed by atoms with van der Waals surface area (Å²) in [5, 5.41) is 24.5. The van der Waals surface area contributed by atoms with Gasteiger partial charge in [0, 0.05) is 0 Å². The Morgan fingerprint density at radius 2 is 2.07 bits per heavy atom. The van der Waals surface area contributed by atoms with E-state index >= 15 is 0 Å². The van der Waals surface area contributed by atoms with Crippen LogP contribution in [0.4, 0.5) is 0 Å². The molecule has 3 heterocycles. The van der Waals surface area contributed by atoms with Crippen molar-refractivity contribution in [2.45, 2.75) is 62.4 Å². The average molecular weight is 432 g/mol. The number of aliphatic hydroxyl groups excluding tert-OH is 1. The summed E-state index contributed by atoms with van der Waals surface area (Å²) in [4.78, 5) is 0. The lowest BCUT2D eigenvalue weighted by Crippen LogP contribution is -2.34. The Hall–Kier alpha value is -1.93. The molecule has 0 saturated carbocycles. The van der Waals surface area contributed by atoms with Crippen LogP contribution in [0.25, 0.3) is 0 Å². The smallest absolute Gasteiger partial charge is 0.190 e. The molecule has 0 aliphatic carbocycles. The maximum absolute atomic E-state index is 9.81. The zero-order valence-corrected chi connectivity index (χ0v) is 18.0. The van der Waals surface area contributed by atoms with Crippen molar-refractivity contribution in [2.24, 2.45) is 0 Å². The van der Waals surface area contributed by atoms with E-state index in [2.05, 4.69) is 11.2 Å². The largest absolute Gasteiger partial charge is 0.394 e. The van der Waals surface area contributed by atoms with E-state index in [1.54, 1.807) is 4.68 Å². The number of ether oxygens (including phenoxy) is 4. The van der Waals surface area contributed by atoms with Crippen LogP contribution in [0.15, 0.2) is 35.4 Å².